The number of hydrogen-bond acceptors (Lipinski definition) is 3. The van der Waals surface area contributed by atoms with Gasteiger partial charge in [0.25, 0.3) is 0 Å². The lowest BCUT2D eigenvalue weighted by Gasteiger charge is -1.94. The Morgan fingerprint density at radius 2 is 1.87 bits per heavy atom. The first-order chi connectivity index (χ1) is 7.20. The zero-order valence-corrected chi connectivity index (χ0v) is 9.70. The van der Waals surface area contributed by atoms with Gasteiger partial charge in [-0.3, -0.25) is 0 Å². The van der Waals surface area contributed by atoms with Crippen LogP contribution in [0.2, 0.25) is 9.36 Å². The maximum atomic E-state index is 8.71. The van der Waals surface area contributed by atoms with E-state index in [2.05, 4.69) is 4.98 Å². The second-order valence-corrected chi connectivity index (χ2v) is 4.80. The number of halogens is 2. The van der Waals surface area contributed by atoms with Gasteiger partial charge in [0, 0.05) is 10.6 Å². The standard InChI is InChI=1S/C10H4Cl2N2S/c11-7-3-1-6(2-4-7)10-14-8(5-13)9(12)15-10/h1-4H. The van der Waals surface area contributed by atoms with Gasteiger partial charge in [0.15, 0.2) is 5.69 Å². The van der Waals surface area contributed by atoms with E-state index in [4.69, 9.17) is 28.5 Å². The average Bonchev–Trinajstić information content (AvgIpc) is 2.61. The molecule has 2 nitrogen and oxygen atoms in total. The molecule has 0 amide bonds. The van der Waals surface area contributed by atoms with Gasteiger partial charge in [0.2, 0.25) is 0 Å². The summed E-state index contributed by atoms with van der Waals surface area (Å²) in [6.07, 6.45) is 0. The SMILES string of the molecule is N#Cc1nc(-c2ccc(Cl)cc2)sc1Cl. The topological polar surface area (TPSA) is 36.7 Å². The maximum absolute atomic E-state index is 8.71. The third-order valence-electron chi connectivity index (χ3n) is 1.78. The molecule has 0 fully saturated rings. The van der Waals surface area contributed by atoms with E-state index in [1.165, 1.54) is 11.3 Å². The molecule has 0 unspecified atom stereocenters. The molecule has 0 aliphatic heterocycles. The van der Waals surface area contributed by atoms with Crippen LogP contribution in [0.1, 0.15) is 5.69 Å². The van der Waals surface area contributed by atoms with Gasteiger partial charge in [-0.2, -0.15) is 5.26 Å². The van der Waals surface area contributed by atoms with E-state index in [1.54, 1.807) is 12.1 Å². The summed E-state index contributed by atoms with van der Waals surface area (Å²) in [5.41, 5.74) is 1.18. The molecule has 0 radical (unpaired) electrons. The normalized spacial score (nSPS) is 9.93. The van der Waals surface area contributed by atoms with Crippen LogP contribution in [0.4, 0.5) is 0 Å². The fourth-order valence-corrected chi connectivity index (χ4v) is 2.26. The molecule has 74 valence electrons. The number of hydrogen-bond donors (Lipinski definition) is 0. The lowest BCUT2D eigenvalue weighted by Crippen LogP contribution is -1.77. The van der Waals surface area contributed by atoms with Crippen LogP contribution in [-0.2, 0) is 0 Å². The minimum atomic E-state index is 0.270. The molecule has 1 aromatic heterocycles. The first-order valence-electron chi connectivity index (χ1n) is 4.03. The number of nitriles is 1. The number of aromatic nitrogens is 1. The van der Waals surface area contributed by atoms with Gasteiger partial charge in [-0.1, -0.05) is 35.3 Å². The lowest BCUT2D eigenvalue weighted by molar-refractivity contribution is 1.33. The first kappa shape index (κ1) is 10.4. The Morgan fingerprint density at radius 1 is 1.20 bits per heavy atom. The number of nitrogens with zero attached hydrogens (tertiary/aromatic N) is 2. The molecule has 0 aliphatic rings. The van der Waals surface area contributed by atoms with Crippen LogP contribution in [0.5, 0.6) is 0 Å². The van der Waals surface area contributed by atoms with E-state index >= 15 is 0 Å². The molecule has 0 bridgehead atoms. The Labute approximate surface area is 101 Å². The van der Waals surface area contributed by atoms with Crippen molar-refractivity contribution in [1.82, 2.24) is 4.98 Å². The number of benzene rings is 1. The predicted molar refractivity (Wildman–Crippen MR) is 62.3 cm³/mol. The molecule has 0 spiro atoms. The summed E-state index contributed by atoms with van der Waals surface area (Å²) >= 11 is 12.9. The van der Waals surface area contributed by atoms with Gasteiger partial charge in [0.05, 0.1) is 0 Å². The molecule has 1 heterocycles. The summed E-state index contributed by atoms with van der Waals surface area (Å²) in [4.78, 5) is 4.11. The highest BCUT2D eigenvalue weighted by molar-refractivity contribution is 7.19. The van der Waals surface area contributed by atoms with Crippen molar-refractivity contribution >= 4 is 34.5 Å². The third-order valence-corrected chi connectivity index (χ3v) is 3.34. The van der Waals surface area contributed by atoms with E-state index < -0.39 is 0 Å². The van der Waals surface area contributed by atoms with E-state index in [9.17, 15) is 0 Å². The van der Waals surface area contributed by atoms with Crippen LogP contribution in [0, 0.1) is 11.3 Å². The molecule has 0 atom stereocenters. The molecular weight excluding hydrogens is 251 g/mol. The predicted octanol–water partition coefficient (Wildman–Crippen LogP) is 3.99. The summed E-state index contributed by atoms with van der Waals surface area (Å²) in [5.74, 6) is 0. The van der Waals surface area contributed by atoms with Crippen LogP contribution in [-0.4, -0.2) is 4.98 Å². The zero-order chi connectivity index (χ0) is 10.8. The van der Waals surface area contributed by atoms with Crippen molar-refractivity contribution in [3.63, 3.8) is 0 Å². The van der Waals surface area contributed by atoms with Gasteiger partial charge < -0.3 is 0 Å². The van der Waals surface area contributed by atoms with Gasteiger partial charge in [-0.15, -0.1) is 11.3 Å². The van der Waals surface area contributed by atoms with Crippen LogP contribution in [0.15, 0.2) is 24.3 Å². The van der Waals surface area contributed by atoms with Crippen molar-refractivity contribution in [2.24, 2.45) is 0 Å². The van der Waals surface area contributed by atoms with Crippen molar-refractivity contribution in [2.45, 2.75) is 0 Å². The molecule has 5 heteroatoms. The third kappa shape index (κ3) is 2.13. The Balaban J connectivity index is 2.46. The van der Waals surface area contributed by atoms with E-state index in [1.807, 2.05) is 18.2 Å². The van der Waals surface area contributed by atoms with Crippen molar-refractivity contribution in [1.29, 1.82) is 5.26 Å². The highest BCUT2D eigenvalue weighted by atomic mass is 35.5. The van der Waals surface area contributed by atoms with Gasteiger partial charge in [-0.05, 0) is 12.1 Å². The van der Waals surface area contributed by atoms with Crippen LogP contribution < -0.4 is 0 Å². The van der Waals surface area contributed by atoms with E-state index in [-0.39, 0.29) is 5.69 Å². The highest BCUT2D eigenvalue weighted by Gasteiger charge is 2.09. The maximum Gasteiger partial charge on any atom is 0.170 e. The smallest absolute Gasteiger partial charge is 0.170 e. The Morgan fingerprint density at radius 3 is 2.40 bits per heavy atom. The lowest BCUT2D eigenvalue weighted by atomic mass is 10.2. The van der Waals surface area contributed by atoms with Crippen molar-refractivity contribution < 1.29 is 0 Å². The zero-order valence-electron chi connectivity index (χ0n) is 7.37. The Bertz CT molecular complexity index is 525. The summed E-state index contributed by atoms with van der Waals surface area (Å²) in [6.45, 7) is 0. The quantitative estimate of drug-likeness (QED) is 0.772. The summed E-state index contributed by atoms with van der Waals surface area (Å²) in [7, 11) is 0. The molecule has 0 saturated heterocycles. The first-order valence-corrected chi connectivity index (χ1v) is 5.60. The summed E-state index contributed by atoms with van der Waals surface area (Å²) in [5, 5.41) is 10.1. The van der Waals surface area contributed by atoms with Gasteiger partial charge in [-0.25, -0.2) is 4.98 Å². The van der Waals surface area contributed by atoms with E-state index in [0.717, 1.165) is 10.6 Å². The van der Waals surface area contributed by atoms with Gasteiger partial charge in [0.1, 0.15) is 15.4 Å². The van der Waals surface area contributed by atoms with Crippen molar-refractivity contribution in [3.8, 4) is 16.6 Å². The second-order valence-electron chi connectivity index (χ2n) is 2.76. The largest absolute Gasteiger partial charge is 0.224 e. The van der Waals surface area contributed by atoms with Crippen molar-refractivity contribution in [3.05, 3.63) is 39.3 Å². The molecular formula is C10H4Cl2N2S. The number of rotatable bonds is 1. The monoisotopic (exact) mass is 254 g/mol. The highest BCUT2D eigenvalue weighted by Crippen LogP contribution is 2.31. The Hall–Kier alpha value is -1.08. The number of thiazole rings is 1. The van der Waals surface area contributed by atoms with Crippen LogP contribution >= 0.6 is 34.5 Å². The molecule has 2 aromatic rings. The van der Waals surface area contributed by atoms with E-state index in [0.29, 0.717) is 9.36 Å². The van der Waals surface area contributed by atoms with Crippen LogP contribution in [0.25, 0.3) is 10.6 Å². The average molecular weight is 255 g/mol. The summed E-state index contributed by atoms with van der Waals surface area (Å²) in [6, 6.07) is 9.18. The van der Waals surface area contributed by atoms with Crippen molar-refractivity contribution in [2.75, 3.05) is 0 Å². The molecule has 15 heavy (non-hydrogen) atoms. The molecule has 0 saturated carbocycles. The fraction of sp³-hybridized carbons (Fsp3) is 0. The Kier molecular flexibility index (Phi) is 2.92. The molecule has 1 aromatic carbocycles. The minimum absolute atomic E-state index is 0.270. The van der Waals surface area contributed by atoms with Gasteiger partial charge >= 0.3 is 0 Å². The molecule has 0 aliphatic carbocycles. The molecule has 2 rings (SSSR count). The minimum Gasteiger partial charge on any atom is -0.224 e. The fourth-order valence-electron chi connectivity index (χ4n) is 1.09. The molecule has 0 N–H and O–H groups in total. The summed E-state index contributed by atoms with van der Waals surface area (Å²) < 4.78 is 0.419. The van der Waals surface area contributed by atoms with Crippen LogP contribution in [0.3, 0.4) is 0 Å². The second kappa shape index (κ2) is 4.19.